The molecule has 2 atom stereocenters. The lowest BCUT2D eigenvalue weighted by atomic mass is 9.95. The summed E-state index contributed by atoms with van der Waals surface area (Å²) in [5, 5.41) is 0. The minimum absolute atomic E-state index is 0.442. The van der Waals surface area contributed by atoms with E-state index in [9.17, 15) is 0 Å². The molecule has 3 heteroatoms. The number of hydrogen-bond acceptors (Lipinski definition) is 1. The van der Waals surface area contributed by atoms with Crippen molar-refractivity contribution in [1.29, 1.82) is 0 Å². The lowest BCUT2D eigenvalue weighted by Crippen LogP contribution is -2.44. The van der Waals surface area contributed by atoms with Crippen molar-refractivity contribution >= 4 is 24.3 Å². The van der Waals surface area contributed by atoms with E-state index in [0.29, 0.717) is 12.0 Å². The van der Waals surface area contributed by atoms with Gasteiger partial charge in [-0.1, -0.05) is 42.0 Å². The molecule has 0 N–H and O–H groups in total. The van der Waals surface area contributed by atoms with E-state index in [1.165, 1.54) is 27.9 Å². The maximum atomic E-state index is 6.90. The van der Waals surface area contributed by atoms with Crippen molar-refractivity contribution < 1.29 is 0 Å². The van der Waals surface area contributed by atoms with Crippen LogP contribution >= 0.6 is 11.1 Å². The van der Waals surface area contributed by atoms with Gasteiger partial charge in [-0.15, -0.1) is 11.1 Å². The molecule has 108 valence electrons. The molecule has 1 aliphatic carbocycles. The molecule has 2 aromatic rings. The Balaban J connectivity index is 1.94. The first-order valence-corrected chi connectivity index (χ1v) is 11.6. The fraction of sp³-hybridized carbons (Fsp3) is 0.333. The SMILES string of the molecule is Cc1ccc2c(c1)C1Cc3ccccc3C1N2[Si](C)(C)Cl. The van der Waals surface area contributed by atoms with E-state index in [-0.39, 0.29) is 0 Å². The van der Waals surface area contributed by atoms with Crippen molar-refractivity contribution in [2.75, 3.05) is 4.57 Å². The maximum absolute atomic E-state index is 6.90. The molecule has 0 spiro atoms. The van der Waals surface area contributed by atoms with Gasteiger partial charge in [-0.2, -0.15) is 0 Å². The molecule has 0 saturated carbocycles. The average Bonchev–Trinajstić information content (AvgIpc) is 2.92. The van der Waals surface area contributed by atoms with Gasteiger partial charge >= 0.3 is 0 Å². The predicted molar refractivity (Wildman–Crippen MR) is 92.6 cm³/mol. The van der Waals surface area contributed by atoms with Gasteiger partial charge in [0.2, 0.25) is 7.55 Å². The van der Waals surface area contributed by atoms with Gasteiger partial charge in [0.15, 0.2) is 0 Å². The van der Waals surface area contributed by atoms with Crippen molar-refractivity contribution in [3.8, 4) is 0 Å². The van der Waals surface area contributed by atoms with Gasteiger partial charge < -0.3 is 4.57 Å². The Labute approximate surface area is 132 Å². The Morgan fingerprint density at radius 3 is 2.62 bits per heavy atom. The molecule has 0 aromatic heterocycles. The zero-order valence-corrected chi connectivity index (χ0v) is 14.5. The minimum Gasteiger partial charge on any atom is -0.378 e. The topological polar surface area (TPSA) is 3.24 Å². The zero-order chi connectivity index (χ0) is 14.8. The summed E-state index contributed by atoms with van der Waals surface area (Å²) in [6, 6.07) is 16.2. The van der Waals surface area contributed by atoms with Crippen LogP contribution in [0.1, 0.15) is 34.2 Å². The molecule has 2 unspecified atom stereocenters. The summed E-state index contributed by atoms with van der Waals surface area (Å²) in [5.41, 5.74) is 7.20. The van der Waals surface area contributed by atoms with Crippen LogP contribution in [-0.4, -0.2) is 7.55 Å². The van der Waals surface area contributed by atoms with Gasteiger partial charge in [-0.05, 0) is 49.2 Å². The molecule has 0 amide bonds. The molecule has 0 bridgehead atoms. The van der Waals surface area contributed by atoms with Crippen LogP contribution in [0.4, 0.5) is 5.69 Å². The zero-order valence-electron chi connectivity index (χ0n) is 12.7. The van der Waals surface area contributed by atoms with Crippen LogP contribution in [0.5, 0.6) is 0 Å². The Morgan fingerprint density at radius 1 is 1.10 bits per heavy atom. The van der Waals surface area contributed by atoms with Gasteiger partial charge in [-0.25, -0.2) is 0 Å². The first-order valence-electron chi connectivity index (χ1n) is 7.63. The van der Waals surface area contributed by atoms with Crippen LogP contribution < -0.4 is 4.57 Å². The quantitative estimate of drug-likeness (QED) is 0.520. The highest BCUT2D eigenvalue weighted by Gasteiger charge is 2.49. The van der Waals surface area contributed by atoms with E-state index >= 15 is 0 Å². The van der Waals surface area contributed by atoms with E-state index in [1.807, 2.05) is 0 Å². The Morgan fingerprint density at radius 2 is 1.86 bits per heavy atom. The van der Waals surface area contributed by atoms with Crippen molar-refractivity contribution in [3.63, 3.8) is 0 Å². The molecule has 0 radical (unpaired) electrons. The number of halogens is 1. The third-order valence-electron chi connectivity index (χ3n) is 4.89. The summed E-state index contributed by atoms with van der Waals surface area (Å²) in [6.07, 6.45) is 1.15. The summed E-state index contributed by atoms with van der Waals surface area (Å²) in [7, 11) is -1.94. The number of fused-ring (bicyclic) bond motifs is 5. The van der Waals surface area contributed by atoms with Crippen LogP contribution in [0.2, 0.25) is 13.1 Å². The highest BCUT2D eigenvalue weighted by molar-refractivity contribution is 7.21. The second-order valence-corrected chi connectivity index (χ2v) is 12.9. The lowest BCUT2D eigenvalue weighted by Gasteiger charge is -2.36. The largest absolute Gasteiger partial charge is 0.378 e. The second-order valence-electron chi connectivity index (χ2n) is 6.80. The molecular weight excluding hydrogens is 294 g/mol. The van der Waals surface area contributed by atoms with E-state index in [2.05, 4.69) is 67.0 Å². The maximum Gasteiger partial charge on any atom is 0.250 e. The van der Waals surface area contributed by atoms with Gasteiger partial charge in [0.05, 0.1) is 6.04 Å². The number of nitrogens with zero attached hydrogens (tertiary/aromatic N) is 1. The number of rotatable bonds is 1. The van der Waals surface area contributed by atoms with E-state index in [1.54, 1.807) is 0 Å². The van der Waals surface area contributed by atoms with Gasteiger partial charge in [0.25, 0.3) is 0 Å². The Bertz CT molecular complexity index is 719. The van der Waals surface area contributed by atoms with E-state index < -0.39 is 7.55 Å². The summed E-state index contributed by atoms with van der Waals surface area (Å²) in [4.78, 5) is 0. The van der Waals surface area contributed by atoms with Crippen LogP contribution in [0.15, 0.2) is 42.5 Å². The molecule has 0 fully saturated rings. The minimum atomic E-state index is -1.94. The van der Waals surface area contributed by atoms with Crippen molar-refractivity contribution in [2.45, 2.75) is 38.4 Å². The smallest absolute Gasteiger partial charge is 0.250 e. The normalized spacial score (nSPS) is 23.0. The summed E-state index contributed by atoms with van der Waals surface area (Å²) < 4.78 is 2.56. The summed E-state index contributed by atoms with van der Waals surface area (Å²) >= 11 is 6.90. The molecule has 1 heterocycles. The standard InChI is InChI=1S/C18H20ClNSi/c1-12-8-9-17-15(10-12)16-11-13-6-4-5-7-14(13)18(16)20(17)21(2,3)19/h4-10,16,18H,11H2,1-3H3. The molecule has 1 nitrogen and oxygen atoms in total. The third-order valence-corrected chi connectivity index (χ3v) is 7.10. The van der Waals surface area contributed by atoms with Crippen LogP contribution in [0.25, 0.3) is 0 Å². The molecule has 0 saturated heterocycles. The van der Waals surface area contributed by atoms with Crippen LogP contribution in [0.3, 0.4) is 0 Å². The van der Waals surface area contributed by atoms with Gasteiger partial charge in [0, 0.05) is 11.6 Å². The highest BCUT2D eigenvalue weighted by Crippen LogP contribution is 2.57. The van der Waals surface area contributed by atoms with E-state index in [0.717, 1.165) is 6.42 Å². The number of anilines is 1. The molecular formula is C18H20ClNSi. The monoisotopic (exact) mass is 313 g/mol. The number of hydrogen-bond donors (Lipinski definition) is 0. The second kappa shape index (κ2) is 4.37. The number of aryl methyl sites for hydroxylation is 1. The Hall–Kier alpha value is -1.25. The lowest BCUT2D eigenvalue weighted by molar-refractivity contribution is 0.643. The van der Waals surface area contributed by atoms with Crippen molar-refractivity contribution in [3.05, 3.63) is 64.7 Å². The van der Waals surface area contributed by atoms with Crippen LogP contribution in [0, 0.1) is 6.92 Å². The third kappa shape index (κ3) is 1.89. The summed E-state index contributed by atoms with van der Waals surface area (Å²) in [5.74, 6) is 0.572. The van der Waals surface area contributed by atoms with E-state index in [4.69, 9.17) is 11.1 Å². The average molecular weight is 314 g/mol. The predicted octanol–water partition coefficient (Wildman–Crippen LogP) is 5.14. The molecule has 1 aliphatic heterocycles. The first-order chi connectivity index (χ1) is 9.97. The summed E-state index contributed by atoms with van der Waals surface area (Å²) in [6.45, 7) is 6.66. The van der Waals surface area contributed by atoms with Gasteiger partial charge in [-0.3, -0.25) is 0 Å². The fourth-order valence-corrected chi connectivity index (χ4v) is 6.48. The highest BCUT2D eigenvalue weighted by atomic mass is 35.6. The van der Waals surface area contributed by atoms with Gasteiger partial charge in [0.1, 0.15) is 0 Å². The molecule has 21 heavy (non-hydrogen) atoms. The Kier molecular flexibility index (Phi) is 2.79. The van der Waals surface area contributed by atoms with Crippen molar-refractivity contribution in [2.24, 2.45) is 0 Å². The number of benzene rings is 2. The van der Waals surface area contributed by atoms with Crippen LogP contribution in [-0.2, 0) is 6.42 Å². The molecule has 2 aliphatic rings. The molecule has 4 rings (SSSR count). The fourth-order valence-electron chi connectivity index (χ4n) is 4.13. The van der Waals surface area contributed by atoms with Crippen molar-refractivity contribution in [1.82, 2.24) is 0 Å². The first kappa shape index (κ1) is 13.4. The molecule has 2 aromatic carbocycles.